The number of benzene rings is 1. The largest absolute Gasteiger partial charge is 0.373 e. The van der Waals surface area contributed by atoms with Gasteiger partial charge in [0.25, 0.3) is 0 Å². The normalized spacial score (nSPS) is 27.7. The summed E-state index contributed by atoms with van der Waals surface area (Å²) in [6, 6.07) is 6.37. The fraction of sp³-hybridized carbons (Fsp3) is 0.571. The molecule has 0 spiro atoms. The van der Waals surface area contributed by atoms with Crippen LogP contribution in [0.2, 0.25) is 10.0 Å². The molecule has 1 aliphatic carbocycles. The highest BCUT2D eigenvalue weighted by molar-refractivity contribution is 6.36. The zero-order valence-corrected chi connectivity index (χ0v) is 11.7. The second-order valence-electron chi connectivity index (χ2n) is 5.16. The van der Waals surface area contributed by atoms with Crippen LogP contribution >= 0.6 is 23.2 Å². The Kier molecular flexibility index (Phi) is 3.81. The smallest absolute Gasteiger partial charge is 0.0894 e. The Morgan fingerprint density at radius 3 is 2.56 bits per heavy atom. The summed E-state index contributed by atoms with van der Waals surface area (Å²) >= 11 is 12.5. The van der Waals surface area contributed by atoms with E-state index in [1.54, 1.807) is 0 Å². The lowest BCUT2D eigenvalue weighted by atomic mass is 9.95. The van der Waals surface area contributed by atoms with Gasteiger partial charge < -0.3 is 10.1 Å². The SMILES string of the molecule is Clc1cccc(Cl)c1C1OCCC1CNC1CC1. The predicted molar refractivity (Wildman–Crippen MR) is 74.3 cm³/mol. The highest BCUT2D eigenvalue weighted by Gasteiger charge is 2.33. The summed E-state index contributed by atoms with van der Waals surface area (Å²) in [4.78, 5) is 0. The Morgan fingerprint density at radius 1 is 1.17 bits per heavy atom. The summed E-state index contributed by atoms with van der Waals surface area (Å²) in [6.07, 6.45) is 3.74. The zero-order valence-electron chi connectivity index (χ0n) is 10.2. The maximum absolute atomic E-state index is 6.27. The molecule has 18 heavy (non-hydrogen) atoms. The first-order chi connectivity index (χ1) is 8.75. The van der Waals surface area contributed by atoms with Gasteiger partial charge in [0.2, 0.25) is 0 Å². The number of halogens is 2. The maximum atomic E-state index is 6.27. The fourth-order valence-corrected chi connectivity index (χ4v) is 3.16. The van der Waals surface area contributed by atoms with Crippen LogP contribution in [0.4, 0.5) is 0 Å². The van der Waals surface area contributed by atoms with Gasteiger partial charge >= 0.3 is 0 Å². The summed E-state index contributed by atoms with van der Waals surface area (Å²) in [6.45, 7) is 1.79. The second-order valence-corrected chi connectivity index (χ2v) is 5.97. The summed E-state index contributed by atoms with van der Waals surface area (Å²) in [5, 5.41) is 5.00. The van der Waals surface area contributed by atoms with Crippen LogP contribution in [0.25, 0.3) is 0 Å². The van der Waals surface area contributed by atoms with Gasteiger partial charge in [-0.25, -0.2) is 0 Å². The molecular formula is C14H17Cl2NO. The molecule has 2 atom stereocenters. The average molecular weight is 286 g/mol. The van der Waals surface area contributed by atoms with Crippen LogP contribution in [0.1, 0.15) is 30.9 Å². The van der Waals surface area contributed by atoms with Gasteiger partial charge in [-0.2, -0.15) is 0 Å². The molecular weight excluding hydrogens is 269 g/mol. The van der Waals surface area contributed by atoms with Gasteiger partial charge in [0.05, 0.1) is 6.10 Å². The first-order valence-corrected chi connectivity index (χ1v) is 7.30. The van der Waals surface area contributed by atoms with Crippen LogP contribution in [0.15, 0.2) is 18.2 Å². The molecule has 2 nitrogen and oxygen atoms in total. The van der Waals surface area contributed by atoms with Gasteiger partial charge in [-0.15, -0.1) is 0 Å². The Hall–Kier alpha value is -0.280. The Morgan fingerprint density at radius 2 is 1.89 bits per heavy atom. The molecule has 3 rings (SSSR count). The number of rotatable bonds is 4. The standard InChI is InChI=1S/C14H17Cl2NO/c15-11-2-1-3-12(16)13(11)14-9(6-7-18-14)8-17-10-4-5-10/h1-3,9-10,14,17H,4-8H2. The van der Waals surface area contributed by atoms with Crippen molar-refractivity contribution in [2.75, 3.05) is 13.2 Å². The zero-order chi connectivity index (χ0) is 12.5. The first-order valence-electron chi connectivity index (χ1n) is 6.54. The molecule has 2 fully saturated rings. The van der Waals surface area contributed by atoms with Crippen molar-refractivity contribution >= 4 is 23.2 Å². The van der Waals surface area contributed by atoms with E-state index in [9.17, 15) is 0 Å². The minimum atomic E-state index is 0.0393. The maximum Gasteiger partial charge on any atom is 0.0894 e. The van der Waals surface area contributed by atoms with E-state index in [0.717, 1.165) is 31.2 Å². The van der Waals surface area contributed by atoms with Crippen LogP contribution in [-0.2, 0) is 4.74 Å². The highest BCUT2D eigenvalue weighted by Crippen LogP contribution is 2.41. The Bertz CT molecular complexity index is 414. The second kappa shape index (κ2) is 5.38. The van der Waals surface area contributed by atoms with Gasteiger partial charge in [0, 0.05) is 40.7 Å². The fourth-order valence-electron chi connectivity index (χ4n) is 2.55. The molecule has 0 aromatic heterocycles. The van der Waals surface area contributed by atoms with E-state index in [-0.39, 0.29) is 6.10 Å². The lowest BCUT2D eigenvalue weighted by Gasteiger charge is -2.21. The molecule has 98 valence electrons. The van der Waals surface area contributed by atoms with Crippen LogP contribution in [0.3, 0.4) is 0 Å². The van der Waals surface area contributed by atoms with E-state index in [1.165, 1.54) is 12.8 Å². The molecule has 0 radical (unpaired) electrons. The highest BCUT2D eigenvalue weighted by atomic mass is 35.5. The van der Waals surface area contributed by atoms with Crippen LogP contribution in [-0.4, -0.2) is 19.2 Å². The Labute approximate surface area is 118 Å². The van der Waals surface area contributed by atoms with Crippen molar-refractivity contribution in [2.45, 2.75) is 31.4 Å². The minimum absolute atomic E-state index is 0.0393. The Balaban J connectivity index is 1.76. The molecule has 1 N–H and O–H groups in total. The van der Waals surface area contributed by atoms with E-state index < -0.39 is 0 Å². The van der Waals surface area contributed by atoms with Gasteiger partial charge in [-0.3, -0.25) is 0 Å². The molecule has 1 aromatic rings. The third kappa shape index (κ3) is 2.67. The van der Waals surface area contributed by atoms with Crippen molar-refractivity contribution in [3.8, 4) is 0 Å². The molecule has 2 aliphatic rings. The molecule has 0 bridgehead atoms. The lowest BCUT2D eigenvalue weighted by Crippen LogP contribution is -2.26. The summed E-state index contributed by atoms with van der Waals surface area (Å²) < 4.78 is 5.86. The van der Waals surface area contributed by atoms with Gasteiger partial charge in [0.1, 0.15) is 0 Å². The van der Waals surface area contributed by atoms with Crippen molar-refractivity contribution < 1.29 is 4.74 Å². The summed E-state index contributed by atoms with van der Waals surface area (Å²) in [7, 11) is 0. The molecule has 0 amide bonds. The van der Waals surface area contributed by atoms with Crippen molar-refractivity contribution in [2.24, 2.45) is 5.92 Å². The lowest BCUT2D eigenvalue weighted by molar-refractivity contribution is 0.0906. The van der Waals surface area contributed by atoms with E-state index in [1.807, 2.05) is 18.2 Å². The predicted octanol–water partition coefficient (Wildman–Crippen LogP) is 3.82. The van der Waals surface area contributed by atoms with Crippen LogP contribution in [0.5, 0.6) is 0 Å². The molecule has 2 unspecified atom stereocenters. The molecule has 4 heteroatoms. The van der Waals surface area contributed by atoms with Crippen molar-refractivity contribution in [3.05, 3.63) is 33.8 Å². The third-order valence-corrected chi connectivity index (χ3v) is 4.40. The van der Waals surface area contributed by atoms with E-state index in [0.29, 0.717) is 16.0 Å². The number of hydrogen-bond acceptors (Lipinski definition) is 2. The number of nitrogens with one attached hydrogen (secondary N) is 1. The van der Waals surface area contributed by atoms with Crippen LogP contribution in [0, 0.1) is 5.92 Å². The van der Waals surface area contributed by atoms with Crippen molar-refractivity contribution in [3.63, 3.8) is 0 Å². The van der Waals surface area contributed by atoms with Crippen molar-refractivity contribution in [1.29, 1.82) is 0 Å². The molecule has 1 saturated carbocycles. The summed E-state index contributed by atoms with van der Waals surface area (Å²) in [5.41, 5.74) is 0.959. The van der Waals surface area contributed by atoms with E-state index in [4.69, 9.17) is 27.9 Å². The first kappa shape index (κ1) is 12.7. The number of hydrogen-bond donors (Lipinski definition) is 1. The van der Waals surface area contributed by atoms with Gasteiger partial charge in [0.15, 0.2) is 0 Å². The van der Waals surface area contributed by atoms with Crippen molar-refractivity contribution in [1.82, 2.24) is 5.32 Å². The third-order valence-electron chi connectivity index (χ3n) is 3.74. The molecule has 1 saturated heterocycles. The summed E-state index contributed by atoms with van der Waals surface area (Å²) in [5.74, 6) is 0.475. The minimum Gasteiger partial charge on any atom is -0.373 e. The molecule has 1 aromatic carbocycles. The van der Waals surface area contributed by atoms with E-state index in [2.05, 4.69) is 5.32 Å². The van der Waals surface area contributed by atoms with E-state index >= 15 is 0 Å². The quantitative estimate of drug-likeness (QED) is 0.908. The van der Waals surface area contributed by atoms with Crippen LogP contribution < -0.4 is 5.32 Å². The molecule has 1 aliphatic heterocycles. The topological polar surface area (TPSA) is 21.3 Å². The number of ether oxygens (including phenoxy) is 1. The van der Waals surface area contributed by atoms with Gasteiger partial charge in [-0.1, -0.05) is 29.3 Å². The monoisotopic (exact) mass is 285 g/mol. The molecule has 1 heterocycles. The average Bonchev–Trinajstić information content (AvgIpc) is 3.06. The van der Waals surface area contributed by atoms with Gasteiger partial charge in [-0.05, 0) is 31.4 Å².